The van der Waals surface area contributed by atoms with E-state index in [1.165, 1.54) is 17.4 Å². The highest BCUT2D eigenvalue weighted by molar-refractivity contribution is 6.31. The Hall–Kier alpha value is -3.79. The van der Waals surface area contributed by atoms with Crippen LogP contribution in [0.15, 0.2) is 66.1 Å². The highest BCUT2D eigenvalue weighted by Crippen LogP contribution is 2.34. The number of halogens is 2. The number of hydrogen-bond acceptors (Lipinski definition) is 5. The molecule has 8 nitrogen and oxygen atoms in total. The van der Waals surface area contributed by atoms with Gasteiger partial charge < -0.3 is 21.4 Å². The maximum atomic E-state index is 15.2. The Balaban J connectivity index is 1.31. The first-order valence-corrected chi connectivity index (χ1v) is 15.6. The van der Waals surface area contributed by atoms with E-state index in [9.17, 15) is 4.79 Å². The van der Waals surface area contributed by atoms with E-state index in [-0.39, 0.29) is 23.1 Å². The van der Waals surface area contributed by atoms with Crippen LogP contribution >= 0.6 is 11.6 Å². The second-order valence-corrected chi connectivity index (χ2v) is 12.3. The molecule has 0 radical (unpaired) electrons. The molecule has 4 aromatic rings. The lowest BCUT2D eigenvalue weighted by Crippen LogP contribution is -2.33. The lowest BCUT2D eigenvalue weighted by molar-refractivity contribution is 0.487. The topological polar surface area (TPSA) is 125 Å². The molecule has 1 aliphatic rings. The number of nitrogens with two attached hydrogens (primary N) is 1. The van der Waals surface area contributed by atoms with Gasteiger partial charge in [-0.3, -0.25) is 9.98 Å². The summed E-state index contributed by atoms with van der Waals surface area (Å²) in [7, 11) is 0. The summed E-state index contributed by atoms with van der Waals surface area (Å²) in [6.45, 7) is 8.41. The van der Waals surface area contributed by atoms with Crippen molar-refractivity contribution in [3.8, 4) is 16.9 Å². The van der Waals surface area contributed by atoms with Crippen LogP contribution in [0.1, 0.15) is 63.1 Å². The van der Waals surface area contributed by atoms with Gasteiger partial charge in [0.05, 0.1) is 22.2 Å². The Bertz CT molecular complexity index is 1690. The number of amidine groups is 1. The molecule has 0 spiro atoms. The monoisotopic (exact) mass is 617 g/mol. The molecule has 0 aliphatic heterocycles. The van der Waals surface area contributed by atoms with Gasteiger partial charge in [-0.05, 0) is 99.7 Å². The van der Waals surface area contributed by atoms with Crippen LogP contribution in [0.25, 0.3) is 28.0 Å². The minimum atomic E-state index is -0.509. The molecule has 6 N–H and O–H groups in total. The van der Waals surface area contributed by atoms with Gasteiger partial charge >= 0.3 is 5.69 Å². The first-order valence-electron chi connectivity index (χ1n) is 15.3. The van der Waals surface area contributed by atoms with Gasteiger partial charge in [-0.15, -0.1) is 6.58 Å². The number of nitrogens with zero attached hydrogens (tertiary/aromatic N) is 2. The first kappa shape index (κ1) is 31.6. The quantitative estimate of drug-likeness (QED) is 0.0635. The fraction of sp³-hybridized carbons (Fsp3) is 0.382. The number of aryl methyl sites for hydroxylation is 1. The van der Waals surface area contributed by atoms with E-state index in [4.69, 9.17) is 22.7 Å². The van der Waals surface area contributed by atoms with Crippen LogP contribution in [0, 0.1) is 17.1 Å². The van der Waals surface area contributed by atoms with Crippen LogP contribution in [-0.4, -0.2) is 39.0 Å². The van der Waals surface area contributed by atoms with Crippen LogP contribution in [0.3, 0.4) is 0 Å². The van der Waals surface area contributed by atoms with Gasteiger partial charge in [0.15, 0.2) is 5.82 Å². The van der Waals surface area contributed by atoms with Crippen molar-refractivity contribution in [3.05, 3.63) is 93.8 Å². The van der Waals surface area contributed by atoms with Crippen LogP contribution in [-0.2, 0) is 6.42 Å². The van der Waals surface area contributed by atoms with Crippen LogP contribution in [0.4, 0.5) is 4.39 Å². The van der Waals surface area contributed by atoms with E-state index in [1.807, 2.05) is 36.4 Å². The molecule has 44 heavy (non-hydrogen) atoms. The van der Waals surface area contributed by atoms with E-state index < -0.39 is 11.5 Å². The summed E-state index contributed by atoms with van der Waals surface area (Å²) in [5.74, 6) is 0.585. The minimum absolute atomic E-state index is 0.0464. The number of rotatable bonds is 14. The van der Waals surface area contributed by atoms with Crippen molar-refractivity contribution in [2.75, 3.05) is 6.54 Å². The molecular formula is C34H41ClFN7O. The summed E-state index contributed by atoms with van der Waals surface area (Å²) < 4.78 is 16.7. The average molecular weight is 618 g/mol. The summed E-state index contributed by atoms with van der Waals surface area (Å²) in [6, 6.07) is 13.4. The Morgan fingerprint density at radius 3 is 2.70 bits per heavy atom. The minimum Gasteiger partial charge on any atom is -0.374 e. The fourth-order valence-electron chi connectivity index (χ4n) is 5.64. The van der Waals surface area contributed by atoms with Gasteiger partial charge in [-0.25, -0.2) is 9.18 Å². The summed E-state index contributed by atoms with van der Waals surface area (Å²) >= 11 is 6.30. The van der Waals surface area contributed by atoms with Gasteiger partial charge in [-0.2, -0.15) is 4.98 Å². The summed E-state index contributed by atoms with van der Waals surface area (Å²) in [5.41, 5.74) is 9.74. The largest absolute Gasteiger partial charge is 0.374 e. The van der Waals surface area contributed by atoms with Gasteiger partial charge in [0.25, 0.3) is 0 Å². The predicted octanol–water partition coefficient (Wildman–Crippen LogP) is 6.42. The molecule has 0 bridgehead atoms. The van der Waals surface area contributed by atoms with Crippen LogP contribution < -0.4 is 22.1 Å². The van der Waals surface area contributed by atoms with Gasteiger partial charge in [0.1, 0.15) is 5.65 Å². The first-order chi connectivity index (χ1) is 21.1. The zero-order valence-electron chi connectivity index (χ0n) is 25.3. The third-order valence-corrected chi connectivity index (χ3v) is 8.66. The Morgan fingerprint density at radius 1 is 1.27 bits per heavy atom. The fourth-order valence-corrected chi connectivity index (χ4v) is 5.88. The van der Waals surface area contributed by atoms with Crippen molar-refractivity contribution in [3.63, 3.8) is 0 Å². The second kappa shape index (κ2) is 13.9. The lowest BCUT2D eigenvalue weighted by atomic mass is 10.00. The highest BCUT2D eigenvalue weighted by atomic mass is 35.5. The maximum Gasteiger partial charge on any atom is 0.354 e. The summed E-state index contributed by atoms with van der Waals surface area (Å²) in [4.78, 5) is 20.4. The van der Waals surface area contributed by atoms with Crippen molar-refractivity contribution in [1.29, 1.82) is 5.41 Å². The molecule has 1 saturated carbocycles. The number of benzene rings is 2. The van der Waals surface area contributed by atoms with Crippen LogP contribution in [0.2, 0.25) is 5.02 Å². The van der Waals surface area contributed by atoms with E-state index in [1.54, 1.807) is 25.3 Å². The molecule has 0 unspecified atom stereocenters. The summed E-state index contributed by atoms with van der Waals surface area (Å²) in [6.07, 6.45) is 9.45. The molecule has 0 saturated heterocycles. The van der Waals surface area contributed by atoms with Crippen molar-refractivity contribution in [2.24, 2.45) is 11.7 Å². The van der Waals surface area contributed by atoms with Gasteiger partial charge in [0.2, 0.25) is 0 Å². The Kier molecular flexibility index (Phi) is 9.98. The van der Waals surface area contributed by atoms with E-state index in [2.05, 4.69) is 34.1 Å². The molecule has 2 aromatic carbocycles. The van der Waals surface area contributed by atoms with Crippen molar-refractivity contribution >= 4 is 28.5 Å². The number of hydrogen-bond donors (Lipinski definition) is 5. The zero-order valence-corrected chi connectivity index (χ0v) is 26.1. The maximum absolute atomic E-state index is 15.2. The molecule has 5 rings (SSSR count). The Morgan fingerprint density at radius 2 is 2.02 bits per heavy atom. The molecule has 10 heteroatoms. The molecule has 3 atom stereocenters. The molecule has 0 amide bonds. The van der Waals surface area contributed by atoms with Crippen molar-refractivity contribution in [1.82, 2.24) is 25.2 Å². The SMILES string of the molecule is C=C[C@@H](CCNC(C)=N)N[C@@H](C)c1ccc(-n2cc3cc(-c4cc(CCC[C@@H](N)C5CC5)cc(Cl)c4F)[nH]c3nc2=O)cc1. The van der Waals surface area contributed by atoms with E-state index >= 15 is 4.39 Å². The number of H-pyrrole nitrogens is 1. The van der Waals surface area contributed by atoms with E-state index in [0.717, 1.165) is 36.8 Å². The van der Waals surface area contributed by atoms with Crippen molar-refractivity contribution < 1.29 is 4.39 Å². The molecule has 1 fully saturated rings. The number of aromatic amines is 1. The lowest BCUT2D eigenvalue weighted by Gasteiger charge is -2.21. The summed E-state index contributed by atoms with van der Waals surface area (Å²) in [5, 5.41) is 14.8. The predicted molar refractivity (Wildman–Crippen MR) is 177 cm³/mol. The van der Waals surface area contributed by atoms with Gasteiger partial charge in [0, 0.05) is 41.8 Å². The van der Waals surface area contributed by atoms with Crippen LogP contribution in [0.5, 0.6) is 0 Å². The molecule has 1 aliphatic carbocycles. The second-order valence-electron chi connectivity index (χ2n) is 11.9. The molecule has 2 heterocycles. The zero-order chi connectivity index (χ0) is 31.4. The molecule has 232 valence electrons. The number of fused-ring (bicyclic) bond motifs is 1. The molecular weight excluding hydrogens is 577 g/mol. The highest BCUT2D eigenvalue weighted by Gasteiger charge is 2.27. The van der Waals surface area contributed by atoms with Gasteiger partial charge in [-0.1, -0.05) is 29.8 Å². The smallest absolute Gasteiger partial charge is 0.354 e. The number of aromatic nitrogens is 3. The Labute approximate surface area is 262 Å². The third kappa shape index (κ3) is 7.64. The normalized spacial score (nSPS) is 15.2. The average Bonchev–Trinajstić information content (AvgIpc) is 3.77. The number of nitrogens with one attached hydrogen (secondary N) is 4. The van der Waals surface area contributed by atoms with E-state index in [0.29, 0.717) is 46.3 Å². The molecule has 2 aromatic heterocycles. The third-order valence-electron chi connectivity index (χ3n) is 8.38. The van der Waals surface area contributed by atoms with Crippen molar-refractivity contribution in [2.45, 2.75) is 70.5 Å². The standard InChI is InChI=1S/C34H41ClFN7O/c1-4-26(14-15-39-21(3)37)40-20(2)23-10-12-27(13-11-23)43-19-25-18-31(41-33(25)42-34(43)44)28-16-22(17-29(35)32(28)36)6-5-7-30(38)24-8-9-24/h4,10-13,16-20,24,26,30,40H,1,5-9,14-15,38H2,2-3H3,(H2,37,39)(H,41,42,44)/t20-,26-,30+/m0/s1.